The maximum atomic E-state index is 13.1. The summed E-state index contributed by atoms with van der Waals surface area (Å²) in [6.45, 7) is 0.280. The molecule has 1 unspecified atom stereocenters. The fourth-order valence-corrected chi connectivity index (χ4v) is 3.91. The third-order valence-corrected chi connectivity index (χ3v) is 5.38. The van der Waals surface area contributed by atoms with E-state index in [2.05, 4.69) is 4.98 Å². The van der Waals surface area contributed by atoms with E-state index in [0.29, 0.717) is 22.6 Å². The van der Waals surface area contributed by atoms with Crippen molar-refractivity contribution in [2.75, 3.05) is 6.79 Å². The molecule has 1 saturated heterocycles. The van der Waals surface area contributed by atoms with Crippen molar-refractivity contribution in [1.82, 2.24) is 9.88 Å². The van der Waals surface area contributed by atoms with Crippen LogP contribution in [0.3, 0.4) is 0 Å². The molecule has 3 aromatic rings. The van der Waals surface area contributed by atoms with Gasteiger partial charge in [-0.2, -0.15) is 0 Å². The molecule has 31 heavy (non-hydrogen) atoms. The Morgan fingerprint density at radius 1 is 1.03 bits per heavy atom. The summed E-state index contributed by atoms with van der Waals surface area (Å²) in [4.78, 5) is 31.6. The Morgan fingerprint density at radius 3 is 2.61 bits per heavy atom. The van der Waals surface area contributed by atoms with E-state index in [0.717, 1.165) is 5.56 Å². The number of pyridine rings is 1. The number of benzene rings is 2. The van der Waals surface area contributed by atoms with Gasteiger partial charge in [-0.05, 0) is 29.3 Å². The second kappa shape index (κ2) is 7.60. The SMILES string of the molecule is O=C1C(=O)N(Cc2cccnc2)C(c2ccc3c(c2)OCO3)C1=C(O)c1ccccc1. The van der Waals surface area contributed by atoms with Crippen molar-refractivity contribution >= 4 is 17.4 Å². The number of ketones is 1. The number of Topliss-reactive ketones (excluding diaryl/α,β-unsaturated/α-hetero) is 1. The topological polar surface area (TPSA) is 89.0 Å². The van der Waals surface area contributed by atoms with Crippen LogP contribution in [0.2, 0.25) is 0 Å². The number of aliphatic hydroxyl groups is 1. The van der Waals surface area contributed by atoms with Gasteiger partial charge < -0.3 is 19.5 Å². The van der Waals surface area contributed by atoms with E-state index >= 15 is 0 Å². The minimum Gasteiger partial charge on any atom is -0.507 e. The zero-order chi connectivity index (χ0) is 21.4. The maximum Gasteiger partial charge on any atom is 0.295 e. The number of ether oxygens (including phenoxy) is 2. The van der Waals surface area contributed by atoms with E-state index in [1.54, 1.807) is 60.9 Å². The predicted molar refractivity (Wildman–Crippen MR) is 111 cm³/mol. The number of rotatable bonds is 4. The molecule has 2 aliphatic rings. The Hall–Kier alpha value is -4.13. The van der Waals surface area contributed by atoms with Crippen LogP contribution in [0.4, 0.5) is 0 Å². The quantitative estimate of drug-likeness (QED) is 0.400. The minimum atomic E-state index is -0.782. The molecule has 1 N–H and O–H groups in total. The van der Waals surface area contributed by atoms with Crippen molar-refractivity contribution in [2.24, 2.45) is 0 Å². The predicted octanol–water partition coefficient (Wildman–Crippen LogP) is 3.43. The van der Waals surface area contributed by atoms with Crippen LogP contribution < -0.4 is 9.47 Å². The van der Waals surface area contributed by atoms with Crippen LogP contribution in [0.15, 0.2) is 78.6 Å². The average Bonchev–Trinajstić information content (AvgIpc) is 3.37. The van der Waals surface area contributed by atoms with Gasteiger partial charge in [0.1, 0.15) is 5.76 Å². The molecule has 0 aliphatic carbocycles. The smallest absolute Gasteiger partial charge is 0.295 e. The Kier molecular flexibility index (Phi) is 4.63. The van der Waals surface area contributed by atoms with E-state index in [1.807, 2.05) is 12.1 Å². The average molecular weight is 414 g/mol. The van der Waals surface area contributed by atoms with Crippen LogP contribution in [0.5, 0.6) is 11.5 Å². The first-order valence-electron chi connectivity index (χ1n) is 9.76. The summed E-state index contributed by atoms with van der Waals surface area (Å²) in [5, 5.41) is 11.0. The number of aliphatic hydroxyl groups excluding tert-OH is 1. The molecule has 2 aliphatic heterocycles. The lowest BCUT2D eigenvalue weighted by molar-refractivity contribution is -0.140. The van der Waals surface area contributed by atoms with Crippen LogP contribution in [-0.4, -0.2) is 33.5 Å². The lowest BCUT2D eigenvalue weighted by Gasteiger charge is -2.25. The van der Waals surface area contributed by atoms with E-state index in [9.17, 15) is 14.7 Å². The molecule has 1 fully saturated rings. The summed E-state index contributed by atoms with van der Waals surface area (Å²) in [7, 11) is 0. The molecule has 154 valence electrons. The Bertz CT molecular complexity index is 1190. The number of likely N-dealkylation sites (tertiary alicyclic amines) is 1. The number of amides is 1. The molecule has 0 spiro atoms. The van der Waals surface area contributed by atoms with Gasteiger partial charge in [-0.1, -0.05) is 42.5 Å². The highest BCUT2D eigenvalue weighted by Crippen LogP contribution is 2.43. The third-order valence-electron chi connectivity index (χ3n) is 5.38. The highest BCUT2D eigenvalue weighted by Gasteiger charge is 2.46. The van der Waals surface area contributed by atoms with Gasteiger partial charge in [-0.15, -0.1) is 0 Å². The van der Waals surface area contributed by atoms with Crippen LogP contribution in [0, 0.1) is 0 Å². The summed E-state index contributed by atoms with van der Waals surface area (Å²) in [6, 6.07) is 16.8. The van der Waals surface area contributed by atoms with Gasteiger partial charge in [0.05, 0.1) is 11.6 Å². The lowest BCUT2D eigenvalue weighted by atomic mass is 9.95. The number of carbonyl (C=O) groups is 2. The summed E-state index contributed by atoms with van der Waals surface area (Å²) in [5.74, 6) is -0.493. The number of hydrogen-bond donors (Lipinski definition) is 1. The fraction of sp³-hybridized carbons (Fsp3) is 0.125. The number of nitrogens with zero attached hydrogens (tertiary/aromatic N) is 2. The summed E-state index contributed by atoms with van der Waals surface area (Å²) in [5.41, 5.74) is 1.92. The van der Waals surface area contributed by atoms with Gasteiger partial charge in [0.15, 0.2) is 11.5 Å². The molecule has 7 heteroatoms. The molecule has 5 rings (SSSR count). The molecule has 0 saturated carbocycles. The van der Waals surface area contributed by atoms with Gasteiger partial charge >= 0.3 is 0 Å². The van der Waals surface area contributed by atoms with Crippen LogP contribution in [-0.2, 0) is 16.1 Å². The largest absolute Gasteiger partial charge is 0.507 e. The highest BCUT2D eigenvalue weighted by molar-refractivity contribution is 6.46. The number of aromatic nitrogens is 1. The Labute approximate surface area is 178 Å². The second-order valence-corrected chi connectivity index (χ2v) is 7.27. The molecule has 1 amide bonds. The summed E-state index contributed by atoms with van der Waals surface area (Å²) < 4.78 is 10.9. The van der Waals surface area contributed by atoms with E-state index in [-0.39, 0.29) is 24.7 Å². The third kappa shape index (κ3) is 3.30. The first-order chi connectivity index (χ1) is 15.1. The van der Waals surface area contributed by atoms with E-state index in [4.69, 9.17) is 9.47 Å². The van der Waals surface area contributed by atoms with Crippen LogP contribution in [0.25, 0.3) is 5.76 Å². The molecule has 2 aromatic carbocycles. The second-order valence-electron chi connectivity index (χ2n) is 7.27. The van der Waals surface area contributed by atoms with Crippen LogP contribution in [0.1, 0.15) is 22.7 Å². The van der Waals surface area contributed by atoms with E-state index in [1.165, 1.54) is 4.90 Å². The number of hydrogen-bond acceptors (Lipinski definition) is 6. The first-order valence-corrected chi connectivity index (χ1v) is 9.76. The molecule has 0 bridgehead atoms. The molecule has 7 nitrogen and oxygen atoms in total. The number of carbonyl (C=O) groups excluding carboxylic acids is 2. The summed E-state index contributed by atoms with van der Waals surface area (Å²) in [6.07, 6.45) is 3.29. The van der Waals surface area contributed by atoms with Gasteiger partial charge in [-0.3, -0.25) is 14.6 Å². The molecule has 3 heterocycles. The Morgan fingerprint density at radius 2 is 1.84 bits per heavy atom. The lowest BCUT2D eigenvalue weighted by Crippen LogP contribution is -2.29. The standard InChI is InChI=1S/C24H18N2O5/c27-22(16-6-2-1-3-7-16)20-21(17-8-9-18-19(11-17)31-14-30-18)26(24(29)23(20)28)13-15-5-4-10-25-12-15/h1-12,21,27H,13-14H2. The van der Waals surface area contributed by atoms with Crippen molar-refractivity contribution in [3.8, 4) is 11.5 Å². The van der Waals surface area contributed by atoms with Crippen molar-refractivity contribution in [1.29, 1.82) is 0 Å². The van der Waals surface area contributed by atoms with Gasteiger partial charge in [-0.25, -0.2) is 0 Å². The van der Waals surface area contributed by atoms with Gasteiger partial charge in [0.25, 0.3) is 11.7 Å². The maximum absolute atomic E-state index is 13.1. The molecule has 1 aromatic heterocycles. The Balaban J connectivity index is 1.66. The zero-order valence-corrected chi connectivity index (χ0v) is 16.4. The zero-order valence-electron chi connectivity index (χ0n) is 16.4. The molecule has 1 atom stereocenters. The highest BCUT2D eigenvalue weighted by atomic mass is 16.7. The van der Waals surface area contributed by atoms with Crippen molar-refractivity contribution < 1.29 is 24.2 Å². The van der Waals surface area contributed by atoms with Gasteiger partial charge in [0.2, 0.25) is 6.79 Å². The number of fused-ring (bicyclic) bond motifs is 1. The van der Waals surface area contributed by atoms with Crippen molar-refractivity contribution in [3.63, 3.8) is 0 Å². The van der Waals surface area contributed by atoms with Crippen LogP contribution >= 0.6 is 0 Å². The monoisotopic (exact) mass is 414 g/mol. The van der Waals surface area contributed by atoms with Crippen molar-refractivity contribution in [3.05, 3.63) is 95.3 Å². The normalized spacial score (nSPS) is 19.1. The van der Waals surface area contributed by atoms with E-state index < -0.39 is 17.7 Å². The molecule has 0 radical (unpaired) electrons. The fourth-order valence-electron chi connectivity index (χ4n) is 3.91. The molecular formula is C24H18N2O5. The first kappa shape index (κ1) is 18.9. The minimum absolute atomic E-state index is 0.0407. The molecular weight excluding hydrogens is 396 g/mol. The van der Waals surface area contributed by atoms with Gasteiger partial charge in [0, 0.05) is 24.5 Å². The van der Waals surface area contributed by atoms with Crippen molar-refractivity contribution in [2.45, 2.75) is 12.6 Å². The summed E-state index contributed by atoms with van der Waals surface area (Å²) >= 11 is 0.